The van der Waals surface area contributed by atoms with Gasteiger partial charge in [0.1, 0.15) is 11.6 Å². The zero-order valence-electron chi connectivity index (χ0n) is 12.7. The van der Waals surface area contributed by atoms with Crippen LogP contribution in [0.4, 0.5) is 4.39 Å². The first kappa shape index (κ1) is 17.9. The fraction of sp³-hybridized carbons (Fsp3) is 0.176. The quantitative estimate of drug-likeness (QED) is 0.583. The van der Waals surface area contributed by atoms with Crippen molar-refractivity contribution in [2.45, 2.75) is 12.8 Å². The first-order chi connectivity index (χ1) is 11.6. The predicted molar refractivity (Wildman–Crippen MR) is 90.9 cm³/mol. The second kappa shape index (κ2) is 9.02. The number of rotatable bonds is 6. The lowest BCUT2D eigenvalue weighted by atomic mass is 10.2. The van der Waals surface area contributed by atoms with Crippen LogP contribution in [0.25, 0.3) is 0 Å². The maximum absolute atomic E-state index is 13.4. The molecule has 0 saturated carbocycles. The SMILES string of the molecule is O=C(CCCOc1ccc(Br)cc1)NNC(=O)c1ccccc1F. The van der Waals surface area contributed by atoms with Gasteiger partial charge in [0, 0.05) is 10.9 Å². The Bertz CT molecular complexity index is 707. The Hall–Kier alpha value is -2.41. The molecule has 0 saturated heterocycles. The number of halogens is 2. The Kier molecular flexibility index (Phi) is 6.74. The van der Waals surface area contributed by atoms with Gasteiger partial charge in [-0.3, -0.25) is 20.4 Å². The first-order valence-electron chi connectivity index (χ1n) is 7.28. The summed E-state index contributed by atoms with van der Waals surface area (Å²) in [4.78, 5) is 23.4. The Morgan fingerprint density at radius 2 is 1.75 bits per heavy atom. The number of carbonyl (C=O) groups is 2. The molecule has 0 aliphatic carbocycles. The molecule has 0 atom stereocenters. The van der Waals surface area contributed by atoms with Gasteiger partial charge >= 0.3 is 0 Å². The van der Waals surface area contributed by atoms with Gasteiger partial charge in [0.05, 0.1) is 12.2 Å². The van der Waals surface area contributed by atoms with E-state index in [9.17, 15) is 14.0 Å². The van der Waals surface area contributed by atoms with Gasteiger partial charge in [0.15, 0.2) is 0 Å². The van der Waals surface area contributed by atoms with E-state index in [-0.39, 0.29) is 17.9 Å². The Labute approximate surface area is 147 Å². The topological polar surface area (TPSA) is 67.4 Å². The average Bonchev–Trinajstić information content (AvgIpc) is 2.58. The highest BCUT2D eigenvalue weighted by molar-refractivity contribution is 9.10. The number of benzene rings is 2. The maximum Gasteiger partial charge on any atom is 0.272 e. The summed E-state index contributed by atoms with van der Waals surface area (Å²) < 4.78 is 19.8. The van der Waals surface area contributed by atoms with E-state index in [0.29, 0.717) is 18.8 Å². The fourth-order valence-corrected chi connectivity index (χ4v) is 2.12. The van der Waals surface area contributed by atoms with E-state index in [1.807, 2.05) is 24.3 Å². The van der Waals surface area contributed by atoms with Crippen LogP contribution in [0.15, 0.2) is 53.0 Å². The van der Waals surface area contributed by atoms with E-state index in [2.05, 4.69) is 26.8 Å². The van der Waals surface area contributed by atoms with Crippen molar-refractivity contribution in [2.24, 2.45) is 0 Å². The van der Waals surface area contributed by atoms with E-state index in [1.165, 1.54) is 18.2 Å². The average molecular weight is 395 g/mol. The van der Waals surface area contributed by atoms with Gasteiger partial charge in [-0.25, -0.2) is 4.39 Å². The highest BCUT2D eigenvalue weighted by Crippen LogP contribution is 2.16. The molecule has 0 heterocycles. The van der Waals surface area contributed by atoms with Crippen LogP contribution in [0.1, 0.15) is 23.2 Å². The van der Waals surface area contributed by atoms with Crippen molar-refractivity contribution in [3.05, 3.63) is 64.4 Å². The Balaban J connectivity index is 1.65. The third-order valence-electron chi connectivity index (χ3n) is 3.06. The number of ether oxygens (including phenoxy) is 1. The van der Waals surface area contributed by atoms with Crippen LogP contribution in [0.3, 0.4) is 0 Å². The minimum atomic E-state index is -0.701. The van der Waals surface area contributed by atoms with E-state index >= 15 is 0 Å². The number of nitrogens with one attached hydrogen (secondary N) is 2. The summed E-state index contributed by atoms with van der Waals surface area (Å²) in [5, 5.41) is 0. The second-order valence-electron chi connectivity index (χ2n) is 4.89. The summed E-state index contributed by atoms with van der Waals surface area (Å²) in [6.45, 7) is 0.371. The molecule has 24 heavy (non-hydrogen) atoms. The van der Waals surface area contributed by atoms with Gasteiger partial charge in [0.2, 0.25) is 5.91 Å². The molecular formula is C17H16BrFN2O3. The van der Waals surface area contributed by atoms with Gasteiger partial charge in [-0.15, -0.1) is 0 Å². The van der Waals surface area contributed by atoms with Gasteiger partial charge in [-0.05, 0) is 42.8 Å². The maximum atomic E-state index is 13.4. The number of amides is 2. The van der Waals surface area contributed by atoms with Gasteiger partial charge in [0.25, 0.3) is 5.91 Å². The molecule has 0 spiro atoms. The van der Waals surface area contributed by atoms with Crippen LogP contribution in [0, 0.1) is 5.82 Å². The van der Waals surface area contributed by atoms with Crippen LogP contribution in [0.5, 0.6) is 5.75 Å². The van der Waals surface area contributed by atoms with Crippen molar-refractivity contribution < 1.29 is 18.7 Å². The largest absolute Gasteiger partial charge is 0.494 e. The Morgan fingerprint density at radius 3 is 2.46 bits per heavy atom. The molecule has 5 nitrogen and oxygen atoms in total. The molecule has 0 aliphatic rings. The second-order valence-corrected chi connectivity index (χ2v) is 5.80. The Morgan fingerprint density at radius 1 is 1.04 bits per heavy atom. The third-order valence-corrected chi connectivity index (χ3v) is 3.59. The van der Waals surface area contributed by atoms with Crippen LogP contribution in [0.2, 0.25) is 0 Å². The van der Waals surface area contributed by atoms with Crippen LogP contribution in [-0.4, -0.2) is 18.4 Å². The zero-order chi connectivity index (χ0) is 17.4. The van der Waals surface area contributed by atoms with Crippen molar-refractivity contribution in [3.63, 3.8) is 0 Å². The summed E-state index contributed by atoms with van der Waals surface area (Å²) in [5.41, 5.74) is 4.30. The number of hydrogen-bond acceptors (Lipinski definition) is 3. The molecule has 0 bridgehead atoms. The molecule has 2 amide bonds. The van der Waals surface area contributed by atoms with Crippen molar-refractivity contribution >= 4 is 27.7 Å². The lowest BCUT2D eigenvalue weighted by Gasteiger charge is -2.09. The summed E-state index contributed by atoms with van der Waals surface area (Å²) in [6, 6.07) is 12.9. The van der Waals surface area contributed by atoms with Crippen molar-refractivity contribution in [2.75, 3.05) is 6.61 Å². The zero-order valence-corrected chi connectivity index (χ0v) is 14.3. The number of hydrazine groups is 1. The lowest BCUT2D eigenvalue weighted by molar-refractivity contribution is -0.122. The summed E-state index contributed by atoms with van der Waals surface area (Å²) in [6.07, 6.45) is 0.658. The normalized spacial score (nSPS) is 10.1. The number of hydrogen-bond donors (Lipinski definition) is 2. The smallest absolute Gasteiger partial charge is 0.272 e. The van der Waals surface area contributed by atoms with Crippen molar-refractivity contribution in [1.82, 2.24) is 10.9 Å². The molecule has 2 aromatic carbocycles. The van der Waals surface area contributed by atoms with Crippen molar-refractivity contribution in [1.29, 1.82) is 0 Å². The fourth-order valence-electron chi connectivity index (χ4n) is 1.86. The first-order valence-corrected chi connectivity index (χ1v) is 8.07. The van der Waals surface area contributed by atoms with Gasteiger partial charge < -0.3 is 4.74 Å². The van der Waals surface area contributed by atoms with Crippen LogP contribution in [-0.2, 0) is 4.79 Å². The molecule has 0 aliphatic heterocycles. The summed E-state index contributed by atoms with van der Waals surface area (Å²) in [5.74, 6) is -1.01. The molecule has 0 radical (unpaired) electrons. The molecular weight excluding hydrogens is 379 g/mol. The third kappa shape index (κ3) is 5.66. The highest BCUT2D eigenvalue weighted by Gasteiger charge is 2.11. The monoisotopic (exact) mass is 394 g/mol. The van der Waals surface area contributed by atoms with Gasteiger partial charge in [-0.1, -0.05) is 28.1 Å². The molecule has 2 aromatic rings. The van der Waals surface area contributed by atoms with E-state index in [1.54, 1.807) is 6.07 Å². The molecule has 0 unspecified atom stereocenters. The molecule has 0 aromatic heterocycles. The van der Waals surface area contributed by atoms with E-state index in [4.69, 9.17) is 4.74 Å². The van der Waals surface area contributed by atoms with E-state index < -0.39 is 11.7 Å². The van der Waals surface area contributed by atoms with Crippen LogP contribution >= 0.6 is 15.9 Å². The van der Waals surface area contributed by atoms with Crippen LogP contribution < -0.4 is 15.6 Å². The predicted octanol–water partition coefficient (Wildman–Crippen LogP) is 3.21. The molecule has 2 N–H and O–H groups in total. The highest BCUT2D eigenvalue weighted by atomic mass is 79.9. The molecule has 0 fully saturated rings. The number of carbonyl (C=O) groups excluding carboxylic acids is 2. The van der Waals surface area contributed by atoms with E-state index in [0.717, 1.165) is 4.47 Å². The molecule has 7 heteroatoms. The van der Waals surface area contributed by atoms with Crippen molar-refractivity contribution in [3.8, 4) is 5.75 Å². The lowest BCUT2D eigenvalue weighted by Crippen LogP contribution is -2.41. The summed E-state index contributed by atoms with van der Waals surface area (Å²) >= 11 is 3.33. The van der Waals surface area contributed by atoms with Gasteiger partial charge in [-0.2, -0.15) is 0 Å². The summed E-state index contributed by atoms with van der Waals surface area (Å²) in [7, 11) is 0. The molecule has 2 rings (SSSR count). The minimum Gasteiger partial charge on any atom is -0.494 e. The minimum absolute atomic E-state index is 0.128. The molecule has 126 valence electrons. The standard InChI is InChI=1S/C17H16BrFN2O3/c18-12-7-9-13(10-8-12)24-11-3-6-16(22)20-21-17(23)14-4-1-2-5-15(14)19/h1-2,4-5,7-10H,3,6,11H2,(H,20,22)(H,21,23).